The first-order valence-electron chi connectivity index (χ1n) is 9.92. The van der Waals surface area contributed by atoms with E-state index in [0.29, 0.717) is 20.8 Å². The highest BCUT2D eigenvalue weighted by Gasteiger charge is 2.28. The molecule has 0 spiro atoms. The number of hydrogen-bond donors (Lipinski definition) is 2. The topological polar surface area (TPSA) is 50.4 Å². The van der Waals surface area contributed by atoms with Crippen LogP contribution in [0.2, 0.25) is 5.02 Å². The number of ether oxygens (including phenoxy) is 1. The summed E-state index contributed by atoms with van der Waals surface area (Å²) in [5, 5.41) is 7.65. The number of Topliss-reactive ketones (excluding diaryl/α,β-unsaturated/α-hetero) is 1. The van der Waals surface area contributed by atoms with E-state index in [9.17, 15) is 4.79 Å². The first-order valence-corrected chi connectivity index (χ1v) is 11.8. The van der Waals surface area contributed by atoms with E-state index < -0.39 is 0 Å². The lowest BCUT2D eigenvalue weighted by Gasteiger charge is -2.22. The van der Waals surface area contributed by atoms with Crippen molar-refractivity contribution in [2.45, 2.75) is 19.9 Å². The van der Waals surface area contributed by atoms with Crippen molar-refractivity contribution in [3.63, 3.8) is 0 Å². The highest BCUT2D eigenvalue weighted by atomic mass is 127. The summed E-state index contributed by atoms with van der Waals surface area (Å²) in [5.74, 6) is 1.56. The maximum atomic E-state index is 12.9. The highest BCUT2D eigenvalue weighted by molar-refractivity contribution is 14.1. The van der Waals surface area contributed by atoms with Gasteiger partial charge in [0.05, 0.1) is 21.8 Å². The zero-order valence-corrected chi connectivity index (χ0v) is 20.1. The Morgan fingerprint density at radius 1 is 1.00 bits per heavy atom. The van der Waals surface area contributed by atoms with Gasteiger partial charge in [-0.25, -0.2) is 0 Å². The summed E-state index contributed by atoms with van der Waals surface area (Å²) in [6.07, 6.45) is 0. The number of halogens is 2. The van der Waals surface area contributed by atoms with Crippen LogP contribution in [0.15, 0.2) is 78.0 Å². The maximum Gasteiger partial charge on any atom is 0.172 e. The average Bonchev–Trinajstić information content (AvgIpc) is 2.91. The van der Waals surface area contributed by atoms with E-state index in [1.165, 1.54) is 0 Å². The monoisotopic (exact) mass is 544 g/mol. The summed E-state index contributed by atoms with van der Waals surface area (Å²) < 4.78 is 6.38. The second-order valence-corrected chi connectivity index (χ2v) is 8.60. The first-order chi connectivity index (χ1) is 15.0. The van der Waals surface area contributed by atoms with Gasteiger partial charge >= 0.3 is 0 Å². The molecule has 0 saturated carbocycles. The van der Waals surface area contributed by atoms with Gasteiger partial charge < -0.3 is 15.4 Å². The number of carbonyl (C=O) groups excluding carboxylic acids is 1. The maximum absolute atomic E-state index is 12.9. The van der Waals surface area contributed by atoms with Crippen LogP contribution < -0.4 is 15.4 Å². The molecule has 0 amide bonds. The minimum atomic E-state index is -0.310. The van der Waals surface area contributed by atoms with Gasteiger partial charge in [-0.15, -0.1) is 0 Å². The Bertz CT molecular complexity index is 1160. The zero-order chi connectivity index (χ0) is 22.0. The van der Waals surface area contributed by atoms with Crippen molar-refractivity contribution in [3.8, 4) is 11.5 Å². The number of carbonyl (C=O) groups is 1. The molecule has 0 saturated heterocycles. The third kappa shape index (κ3) is 4.72. The second kappa shape index (κ2) is 9.32. The summed E-state index contributed by atoms with van der Waals surface area (Å²) in [7, 11) is 0. The van der Waals surface area contributed by atoms with Gasteiger partial charge in [-0.05, 0) is 55.3 Å². The van der Waals surface area contributed by atoms with Crippen LogP contribution in [0.25, 0.3) is 0 Å². The molecule has 4 rings (SSSR count). The smallest absolute Gasteiger partial charge is 0.172 e. The molecule has 31 heavy (non-hydrogen) atoms. The number of fused-ring (bicyclic) bond motifs is 1. The zero-order valence-electron chi connectivity index (χ0n) is 17.2. The predicted molar refractivity (Wildman–Crippen MR) is 136 cm³/mol. The van der Waals surface area contributed by atoms with Crippen molar-refractivity contribution in [3.05, 3.63) is 94.1 Å². The lowest BCUT2D eigenvalue weighted by molar-refractivity contribution is -0.113. The van der Waals surface area contributed by atoms with Crippen molar-refractivity contribution in [2.24, 2.45) is 0 Å². The molecule has 3 aromatic carbocycles. The van der Waals surface area contributed by atoms with Crippen molar-refractivity contribution < 1.29 is 9.53 Å². The lowest BCUT2D eigenvalue weighted by atomic mass is 9.94. The van der Waals surface area contributed by atoms with E-state index in [2.05, 4.69) is 33.2 Å². The Balaban J connectivity index is 1.75. The fourth-order valence-electron chi connectivity index (χ4n) is 3.64. The van der Waals surface area contributed by atoms with E-state index in [4.69, 9.17) is 16.3 Å². The number of benzene rings is 3. The predicted octanol–water partition coefficient (Wildman–Crippen LogP) is 7.30. The summed E-state index contributed by atoms with van der Waals surface area (Å²) in [6.45, 7) is 3.90. The van der Waals surface area contributed by atoms with Crippen molar-refractivity contribution in [1.82, 2.24) is 0 Å². The summed E-state index contributed by atoms with van der Waals surface area (Å²) >= 11 is 8.52. The van der Waals surface area contributed by atoms with E-state index in [1.54, 1.807) is 0 Å². The molecule has 3 aromatic rings. The Kier molecular flexibility index (Phi) is 6.53. The molecule has 6 heteroatoms. The van der Waals surface area contributed by atoms with Crippen molar-refractivity contribution in [1.29, 1.82) is 0 Å². The molecule has 0 radical (unpaired) electrons. The number of aryl methyl sites for hydroxylation is 1. The standard InChI is InChI=1S/C25H22ClIN2O2/c1-15-8-9-17(12-20(15)26)25-24(23(30)14-27)16(2)28-22-13-19(10-11-21(22)29-25)31-18-6-4-3-5-7-18/h3-13,25,28-29H,14H2,1-2H3. The molecule has 158 valence electrons. The Hall–Kier alpha value is -2.51. The molecule has 1 heterocycles. The summed E-state index contributed by atoms with van der Waals surface area (Å²) in [6, 6.07) is 21.1. The number of nitrogens with one attached hydrogen (secondary N) is 2. The molecule has 0 bridgehead atoms. The fraction of sp³-hybridized carbons (Fsp3) is 0.160. The fourth-order valence-corrected chi connectivity index (χ4v) is 4.23. The number of alkyl halides is 1. The normalized spacial score (nSPS) is 15.4. The molecule has 4 nitrogen and oxygen atoms in total. The van der Waals surface area contributed by atoms with Crippen molar-refractivity contribution in [2.75, 3.05) is 15.1 Å². The molecule has 1 aliphatic rings. The minimum absolute atomic E-state index is 0.0772. The Morgan fingerprint density at radius 2 is 1.77 bits per heavy atom. The molecule has 1 atom stereocenters. The van der Waals surface area contributed by atoms with Crippen LogP contribution in [-0.2, 0) is 4.79 Å². The third-order valence-electron chi connectivity index (χ3n) is 5.24. The molecule has 0 aliphatic carbocycles. The van der Waals surface area contributed by atoms with Gasteiger partial charge in [-0.2, -0.15) is 0 Å². The molecular weight excluding hydrogens is 523 g/mol. The quantitative estimate of drug-likeness (QED) is 0.261. The number of anilines is 2. The van der Waals surface area contributed by atoms with Gasteiger partial charge in [-0.3, -0.25) is 4.79 Å². The van der Waals surface area contributed by atoms with E-state index in [-0.39, 0.29) is 11.8 Å². The van der Waals surface area contributed by atoms with Crippen LogP contribution in [0.4, 0.5) is 11.4 Å². The average molecular weight is 545 g/mol. The van der Waals surface area contributed by atoms with Gasteiger partial charge in [-0.1, -0.05) is 64.5 Å². The van der Waals surface area contributed by atoms with Gasteiger partial charge in [0.25, 0.3) is 0 Å². The summed E-state index contributed by atoms with van der Waals surface area (Å²) in [5.41, 5.74) is 5.20. The minimum Gasteiger partial charge on any atom is -0.457 e. The van der Waals surface area contributed by atoms with Crippen LogP contribution in [0.3, 0.4) is 0 Å². The molecule has 0 aromatic heterocycles. The van der Waals surface area contributed by atoms with Crippen molar-refractivity contribution >= 4 is 51.3 Å². The van der Waals surface area contributed by atoms with E-state index in [0.717, 1.165) is 33.9 Å². The molecule has 1 aliphatic heterocycles. The van der Waals surface area contributed by atoms with Crippen LogP contribution in [0.1, 0.15) is 24.1 Å². The van der Waals surface area contributed by atoms with E-state index >= 15 is 0 Å². The molecular formula is C25H22ClIN2O2. The van der Waals surface area contributed by atoms with Crippen LogP contribution >= 0.6 is 34.2 Å². The lowest BCUT2D eigenvalue weighted by Crippen LogP contribution is -2.21. The SMILES string of the molecule is CC1=C(C(=O)CI)C(c2ccc(C)c(Cl)c2)Nc2ccc(Oc3ccccc3)cc2N1. The Labute approximate surface area is 200 Å². The number of ketones is 1. The largest absolute Gasteiger partial charge is 0.457 e. The molecule has 2 N–H and O–H groups in total. The summed E-state index contributed by atoms with van der Waals surface area (Å²) in [4.78, 5) is 12.9. The van der Waals surface area contributed by atoms with Gasteiger partial charge in [0.15, 0.2) is 5.78 Å². The first kappa shape index (κ1) is 21.7. The highest BCUT2D eigenvalue weighted by Crippen LogP contribution is 2.40. The van der Waals surface area contributed by atoms with Gasteiger partial charge in [0.2, 0.25) is 0 Å². The second-order valence-electron chi connectivity index (χ2n) is 7.43. The van der Waals surface area contributed by atoms with E-state index in [1.807, 2.05) is 80.6 Å². The third-order valence-corrected chi connectivity index (χ3v) is 6.34. The van der Waals surface area contributed by atoms with Crippen LogP contribution in [-0.4, -0.2) is 10.2 Å². The van der Waals surface area contributed by atoms with Gasteiger partial charge in [0, 0.05) is 22.4 Å². The number of rotatable bonds is 5. The number of allylic oxidation sites excluding steroid dienone is 1. The number of para-hydroxylation sites is 1. The molecule has 0 fully saturated rings. The van der Waals surface area contributed by atoms with Crippen LogP contribution in [0, 0.1) is 6.92 Å². The Morgan fingerprint density at radius 3 is 2.48 bits per heavy atom. The van der Waals surface area contributed by atoms with Crippen LogP contribution in [0.5, 0.6) is 11.5 Å². The van der Waals surface area contributed by atoms with Gasteiger partial charge in [0.1, 0.15) is 11.5 Å². The molecule has 1 unspecified atom stereocenters. The number of hydrogen-bond acceptors (Lipinski definition) is 4.